The highest BCUT2D eigenvalue weighted by Crippen LogP contribution is 2.28. The number of hydrogen-bond donors (Lipinski definition) is 1. The number of allylic oxidation sites excluding steroid dienone is 2. The summed E-state index contributed by atoms with van der Waals surface area (Å²) in [7, 11) is 0. The van der Waals surface area contributed by atoms with Crippen molar-refractivity contribution in [3.8, 4) is 0 Å². The van der Waals surface area contributed by atoms with Gasteiger partial charge >= 0.3 is 5.97 Å². The van der Waals surface area contributed by atoms with Crippen molar-refractivity contribution in [1.82, 2.24) is 0 Å². The van der Waals surface area contributed by atoms with Crippen LogP contribution in [0.25, 0.3) is 0 Å². The first kappa shape index (κ1) is 12.5. The highest BCUT2D eigenvalue weighted by Gasteiger charge is 2.33. The lowest BCUT2D eigenvalue weighted by Crippen LogP contribution is -2.31. The molecule has 1 N–H and O–H groups in total. The summed E-state index contributed by atoms with van der Waals surface area (Å²) in [5, 5.41) is 9.37. The molecule has 0 amide bonds. The first-order valence-electron chi connectivity index (χ1n) is 5.39. The molecule has 0 aromatic heterocycles. The summed E-state index contributed by atoms with van der Waals surface area (Å²) < 4.78 is 0. The van der Waals surface area contributed by atoms with Crippen LogP contribution >= 0.6 is 0 Å². The molecule has 1 aromatic carbocycles. The monoisotopic (exact) mass is 218 g/mol. The number of rotatable bonds is 4. The molecule has 0 saturated carbocycles. The summed E-state index contributed by atoms with van der Waals surface area (Å²) in [6.45, 7) is 5.73. The summed E-state index contributed by atoms with van der Waals surface area (Å²) in [6.07, 6.45) is 2.50. The lowest BCUT2D eigenvalue weighted by atomic mass is 9.79. The van der Waals surface area contributed by atoms with Crippen molar-refractivity contribution in [2.75, 3.05) is 0 Å². The van der Waals surface area contributed by atoms with Gasteiger partial charge in [0.05, 0.1) is 5.41 Å². The Morgan fingerprint density at radius 3 is 2.31 bits per heavy atom. The van der Waals surface area contributed by atoms with Crippen LogP contribution in [0.15, 0.2) is 42.0 Å². The molecule has 1 atom stereocenters. The van der Waals surface area contributed by atoms with Crippen molar-refractivity contribution in [2.24, 2.45) is 0 Å². The second-order valence-electron chi connectivity index (χ2n) is 4.49. The maximum atomic E-state index is 11.4. The van der Waals surface area contributed by atoms with Crippen LogP contribution < -0.4 is 0 Å². The van der Waals surface area contributed by atoms with Crippen LogP contribution in [0.5, 0.6) is 0 Å². The molecule has 0 radical (unpaired) electrons. The molecule has 0 heterocycles. The number of carboxylic acid groups (broad SMARTS) is 1. The summed E-state index contributed by atoms with van der Waals surface area (Å²) >= 11 is 0. The Kier molecular flexibility index (Phi) is 3.88. The second kappa shape index (κ2) is 4.97. The zero-order chi connectivity index (χ0) is 12.2. The van der Waals surface area contributed by atoms with E-state index in [0.29, 0.717) is 6.42 Å². The Labute approximate surface area is 96.6 Å². The van der Waals surface area contributed by atoms with Crippen LogP contribution in [0.4, 0.5) is 0 Å². The highest BCUT2D eigenvalue weighted by atomic mass is 16.4. The Morgan fingerprint density at radius 1 is 1.31 bits per heavy atom. The maximum absolute atomic E-state index is 11.4. The largest absolute Gasteiger partial charge is 0.481 e. The van der Waals surface area contributed by atoms with Gasteiger partial charge in [0.1, 0.15) is 0 Å². The topological polar surface area (TPSA) is 37.3 Å². The summed E-state index contributed by atoms with van der Waals surface area (Å²) in [6, 6.07) is 9.38. The van der Waals surface area contributed by atoms with E-state index in [-0.39, 0.29) is 0 Å². The van der Waals surface area contributed by atoms with E-state index in [0.717, 1.165) is 11.1 Å². The number of carboxylic acids is 1. The van der Waals surface area contributed by atoms with Gasteiger partial charge in [0.15, 0.2) is 0 Å². The Balaban J connectivity index is 3.07. The third-order valence-electron chi connectivity index (χ3n) is 2.80. The predicted molar refractivity (Wildman–Crippen MR) is 65.5 cm³/mol. The number of carbonyl (C=O) groups is 1. The molecule has 0 aliphatic carbocycles. The summed E-state index contributed by atoms with van der Waals surface area (Å²) in [5.74, 6) is -0.781. The van der Waals surface area contributed by atoms with Crippen LogP contribution in [0.1, 0.15) is 32.8 Å². The van der Waals surface area contributed by atoms with Gasteiger partial charge in [-0.2, -0.15) is 0 Å². The summed E-state index contributed by atoms with van der Waals surface area (Å²) in [4.78, 5) is 11.4. The number of aliphatic carboxylic acids is 1. The van der Waals surface area contributed by atoms with E-state index in [1.807, 2.05) is 50.3 Å². The molecule has 1 rings (SSSR count). The molecule has 16 heavy (non-hydrogen) atoms. The van der Waals surface area contributed by atoms with Crippen molar-refractivity contribution < 1.29 is 9.90 Å². The first-order valence-corrected chi connectivity index (χ1v) is 5.39. The minimum Gasteiger partial charge on any atom is -0.481 e. The van der Waals surface area contributed by atoms with E-state index in [9.17, 15) is 9.90 Å². The van der Waals surface area contributed by atoms with Crippen molar-refractivity contribution >= 4 is 5.97 Å². The molecule has 0 aliphatic heterocycles. The fraction of sp³-hybridized carbons (Fsp3) is 0.357. The van der Waals surface area contributed by atoms with E-state index in [4.69, 9.17) is 0 Å². The third-order valence-corrected chi connectivity index (χ3v) is 2.80. The average Bonchev–Trinajstić information content (AvgIpc) is 2.26. The first-order chi connectivity index (χ1) is 7.47. The molecule has 1 aromatic rings. The van der Waals surface area contributed by atoms with E-state index in [1.54, 1.807) is 6.92 Å². The molecule has 0 saturated heterocycles. The molecule has 0 spiro atoms. The van der Waals surface area contributed by atoms with Crippen molar-refractivity contribution in [2.45, 2.75) is 32.6 Å². The van der Waals surface area contributed by atoms with Gasteiger partial charge < -0.3 is 5.11 Å². The zero-order valence-electron chi connectivity index (χ0n) is 10.0. The predicted octanol–water partition coefficient (Wildman–Crippen LogP) is 3.39. The van der Waals surface area contributed by atoms with Gasteiger partial charge in [0, 0.05) is 0 Å². The van der Waals surface area contributed by atoms with Crippen LogP contribution in [0.2, 0.25) is 0 Å². The molecule has 0 aliphatic rings. The van der Waals surface area contributed by atoms with Crippen LogP contribution in [-0.2, 0) is 10.2 Å². The molecular formula is C14H18O2. The quantitative estimate of drug-likeness (QED) is 0.786. The van der Waals surface area contributed by atoms with E-state index >= 15 is 0 Å². The van der Waals surface area contributed by atoms with E-state index in [2.05, 4.69) is 0 Å². The molecule has 1 unspecified atom stereocenters. The molecule has 0 fully saturated rings. The van der Waals surface area contributed by atoms with E-state index in [1.165, 1.54) is 0 Å². The Hall–Kier alpha value is -1.57. The molecular weight excluding hydrogens is 200 g/mol. The van der Waals surface area contributed by atoms with E-state index < -0.39 is 11.4 Å². The van der Waals surface area contributed by atoms with Crippen LogP contribution in [-0.4, -0.2) is 11.1 Å². The lowest BCUT2D eigenvalue weighted by Gasteiger charge is -2.24. The fourth-order valence-corrected chi connectivity index (χ4v) is 1.54. The third kappa shape index (κ3) is 2.72. The average molecular weight is 218 g/mol. The number of benzene rings is 1. The summed E-state index contributed by atoms with van der Waals surface area (Å²) in [5.41, 5.74) is 1.15. The molecule has 2 heteroatoms. The smallest absolute Gasteiger partial charge is 0.314 e. The normalized spacial score (nSPS) is 13.9. The minimum atomic E-state index is -0.835. The Bertz CT molecular complexity index is 388. The van der Waals surface area contributed by atoms with Crippen LogP contribution in [0.3, 0.4) is 0 Å². The maximum Gasteiger partial charge on any atom is 0.314 e. The van der Waals surface area contributed by atoms with Gasteiger partial charge in [0.25, 0.3) is 0 Å². The lowest BCUT2D eigenvalue weighted by molar-refractivity contribution is -0.143. The second-order valence-corrected chi connectivity index (χ2v) is 4.49. The van der Waals surface area contributed by atoms with Crippen molar-refractivity contribution in [3.05, 3.63) is 47.5 Å². The SMILES string of the molecule is CC(C)=CCC(C)(C(=O)O)c1ccccc1. The molecule has 2 nitrogen and oxygen atoms in total. The standard InChI is InChI=1S/C14H18O2/c1-11(2)9-10-14(3,13(15)16)12-7-5-4-6-8-12/h4-9H,10H2,1-3H3,(H,15,16). The molecule has 86 valence electrons. The van der Waals surface area contributed by atoms with Gasteiger partial charge in [-0.15, -0.1) is 0 Å². The van der Waals surface area contributed by atoms with Gasteiger partial charge in [-0.05, 0) is 32.8 Å². The highest BCUT2D eigenvalue weighted by molar-refractivity contribution is 5.81. The van der Waals surface area contributed by atoms with Gasteiger partial charge in [-0.1, -0.05) is 42.0 Å². The van der Waals surface area contributed by atoms with Gasteiger partial charge in [-0.3, -0.25) is 4.79 Å². The minimum absolute atomic E-state index is 0.523. The van der Waals surface area contributed by atoms with Gasteiger partial charge in [-0.25, -0.2) is 0 Å². The zero-order valence-corrected chi connectivity index (χ0v) is 10.0. The number of hydrogen-bond acceptors (Lipinski definition) is 1. The Morgan fingerprint density at radius 2 is 1.88 bits per heavy atom. The van der Waals surface area contributed by atoms with Crippen molar-refractivity contribution in [1.29, 1.82) is 0 Å². The van der Waals surface area contributed by atoms with Crippen LogP contribution in [0, 0.1) is 0 Å². The molecule has 0 bridgehead atoms. The van der Waals surface area contributed by atoms with Crippen molar-refractivity contribution in [3.63, 3.8) is 0 Å². The fourth-order valence-electron chi connectivity index (χ4n) is 1.54. The van der Waals surface area contributed by atoms with Gasteiger partial charge in [0.2, 0.25) is 0 Å².